The van der Waals surface area contributed by atoms with E-state index in [2.05, 4.69) is 32.9 Å². The molecule has 0 aromatic heterocycles. The fourth-order valence-electron chi connectivity index (χ4n) is 1.75. The Morgan fingerprint density at radius 3 is 2.29 bits per heavy atom. The maximum Gasteiger partial charge on any atom is 0.122 e. The summed E-state index contributed by atoms with van der Waals surface area (Å²) in [7, 11) is 1.71. The van der Waals surface area contributed by atoms with Crippen molar-refractivity contribution in [1.29, 1.82) is 0 Å². The van der Waals surface area contributed by atoms with Crippen molar-refractivity contribution >= 4 is 12.4 Å². The van der Waals surface area contributed by atoms with Crippen LogP contribution < -0.4 is 10.5 Å². The Kier molecular flexibility index (Phi) is 6.00. The lowest BCUT2D eigenvalue weighted by molar-refractivity contribution is 0.407. The first kappa shape index (κ1) is 16.3. The van der Waals surface area contributed by atoms with E-state index in [1.807, 2.05) is 13.0 Å². The van der Waals surface area contributed by atoms with Gasteiger partial charge < -0.3 is 10.5 Å². The van der Waals surface area contributed by atoms with E-state index in [-0.39, 0.29) is 23.9 Å². The van der Waals surface area contributed by atoms with Crippen LogP contribution >= 0.6 is 12.4 Å². The first-order valence-electron chi connectivity index (χ1n) is 5.77. The third kappa shape index (κ3) is 4.57. The van der Waals surface area contributed by atoms with Gasteiger partial charge in [0, 0.05) is 6.04 Å². The summed E-state index contributed by atoms with van der Waals surface area (Å²) in [6.45, 7) is 8.66. The maximum atomic E-state index is 5.85. The minimum Gasteiger partial charge on any atom is -0.496 e. The molecule has 1 unspecified atom stereocenters. The molecule has 0 saturated carbocycles. The molecule has 0 aliphatic rings. The number of hydrogen-bond donors (Lipinski definition) is 1. The monoisotopic (exact) mass is 257 g/mol. The third-order valence-corrected chi connectivity index (χ3v) is 2.69. The van der Waals surface area contributed by atoms with E-state index in [4.69, 9.17) is 10.5 Å². The van der Waals surface area contributed by atoms with Gasteiger partial charge >= 0.3 is 0 Å². The summed E-state index contributed by atoms with van der Waals surface area (Å²) in [5.41, 5.74) is 8.54. The molecule has 0 bridgehead atoms. The van der Waals surface area contributed by atoms with Crippen LogP contribution in [-0.2, 0) is 11.8 Å². The Hall–Kier alpha value is -0.730. The quantitative estimate of drug-likeness (QED) is 0.902. The van der Waals surface area contributed by atoms with Crippen LogP contribution in [0.1, 0.15) is 38.8 Å². The normalized spacial score (nSPS) is 12.8. The van der Waals surface area contributed by atoms with Gasteiger partial charge in [-0.3, -0.25) is 0 Å². The van der Waals surface area contributed by atoms with E-state index in [0.717, 1.165) is 12.2 Å². The van der Waals surface area contributed by atoms with Crippen molar-refractivity contribution in [2.45, 2.75) is 45.6 Å². The molecule has 1 atom stereocenters. The van der Waals surface area contributed by atoms with E-state index in [1.165, 1.54) is 11.1 Å². The number of nitrogens with two attached hydrogens (primary N) is 1. The van der Waals surface area contributed by atoms with Gasteiger partial charge in [-0.25, -0.2) is 0 Å². The molecule has 0 heterocycles. The van der Waals surface area contributed by atoms with Crippen molar-refractivity contribution in [2.75, 3.05) is 7.11 Å². The predicted molar refractivity (Wildman–Crippen MR) is 76.3 cm³/mol. The average Bonchev–Trinajstić information content (AvgIpc) is 2.15. The number of hydrogen-bond acceptors (Lipinski definition) is 2. The summed E-state index contributed by atoms with van der Waals surface area (Å²) in [5, 5.41) is 0. The van der Waals surface area contributed by atoms with Crippen molar-refractivity contribution < 1.29 is 4.74 Å². The Labute approximate surface area is 111 Å². The minimum atomic E-state index is 0. The molecule has 98 valence electrons. The Morgan fingerprint density at radius 1 is 1.29 bits per heavy atom. The number of halogens is 1. The van der Waals surface area contributed by atoms with E-state index in [9.17, 15) is 0 Å². The van der Waals surface area contributed by atoms with Gasteiger partial charge in [0.25, 0.3) is 0 Å². The highest BCUT2D eigenvalue weighted by Crippen LogP contribution is 2.28. The van der Waals surface area contributed by atoms with E-state index in [0.29, 0.717) is 0 Å². The van der Waals surface area contributed by atoms with Crippen molar-refractivity contribution in [3.63, 3.8) is 0 Å². The molecule has 0 amide bonds. The molecule has 0 radical (unpaired) electrons. The summed E-state index contributed by atoms with van der Waals surface area (Å²) >= 11 is 0. The topological polar surface area (TPSA) is 35.2 Å². The third-order valence-electron chi connectivity index (χ3n) is 2.69. The van der Waals surface area contributed by atoms with Gasteiger partial charge in [0.15, 0.2) is 0 Å². The molecule has 1 aromatic rings. The highest BCUT2D eigenvalue weighted by Gasteiger charge is 2.16. The standard InChI is InChI=1S/C14H23NO.ClH/c1-10(15)8-11-9-12(14(2,3)4)6-7-13(11)16-5;/h6-7,9-10H,8,15H2,1-5H3;1H. The summed E-state index contributed by atoms with van der Waals surface area (Å²) in [5.74, 6) is 0.935. The molecule has 0 aliphatic carbocycles. The van der Waals surface area contributed by atoms with Gasteiger partial charge in [-0.15, -0.1) is 12.4 Å². The molecule has 2 nitrogen and oxygen atoms in total. The van der Waals surface area contributed by atoms with Crippen molar-refractivity contribution in [2.24, 2.45) is 5.73 Å². The van der Waals surface area contributed by atoms with Crippen LogP contribution in [0.5, 0.6) is 5.75 Å². The molecule has 0 fully saturated rings. The number of ether oxygens (including phenoxy) is 1. The Bertz CT molecular complexity index is 356. The Balaban J connectivity index is 0.00000256. The predicted octanol–water partition coefficient (Wildman–Crippen LogP) is 3.30. The minimum absolute atomic E-state index is 0. The first-order valence-corrected chi connectivity index (χ1v) is 5.77. The summed E-state index contributed by atoms with van der Waals surface area (Å²) in [4.78, 5) is 0. The van der Waals surface area contributed by atoms with Crippen molar-refractivity contribution in [1.82, 2.24) is 0 Å². The second-order valence-electron chi connectivity index (χ2n) is 5.46. The van der Waals surface area contributed by atoms with Crippen LogP contribution in [0.15, 0.2) is 18.2 Å². The number of rotatable bonds is 3. The van der Waals surface area contributed by atoms with E-state index in [1.54, 1.807) is 7.11 Å². The van der Waals surface area contributed by atoms with Crippen molar-refractivity contribution in [3.8, 4) is 5.75 Å². The molecular formula is C14H24ClNO. The average molecular weight is 258 g/mol. The largest absolute Gasteiger partial charge is 0.496 e. The van der Waals surface area contributed by atoms with Gasteiger partial charge in [-0.05, 0) is 36.0 Å². The number of methoxy groups -OCH3 is 1. The first-order chi connectivity index (χ1) is 7.34. The molecule has 17 heavy (non-hydrogen) atoms. The lowest BCUT2D eigenvalue weighted by Crippen LogP contribution is -2.19. The SMILES string of the molecule is COc1ccc(C(C)(C)C)cc1CC(C)N.Cl. The van der Waals surface area contributed by atoms with Gasteiger partial charge in [-0.2, -0.15) is 0 Å². The highest BCUT2D eigenvalue weighted by atomic mass is 35.5. The molecule has 3 heteroatoms. The fraction of sp³-hybridized carbons (Fsp3) is 0.571. The molecule has 0 spiro atoms. The zero-order valence-corrected chi connectivity index (χ0v) is 12.2. The fourth-order valence-corrected chi connectivity index (χ4v) is 1.75. The van der Waals surface area contributed by atoms with Gasteiger partial charge in [0.1, 0.15) is 5.75 Å². The van der Waals surface area contributed by atoms with Crippen LogP contribution in [0.4, 0.5) is 0 Å². The van der Waals surface area contributed by atoms with Crippen LogP contribution in [0.2, 0.25) is 0 Å². The summed E-state index contributed by atoms with van der Waals surface area (Å²) in [6.07, 6.45) is 0.854. The van der Waals surface area contributed by atoms with Crippen LogP contribution in [0.3, 0.4) is 0 Å². The Morgan fingerprint density at radius 2 is 1.88 bits per heavy atom. The lowest BCUT2D eigenvalue weighted by Gasteiger charge is -2.21. The molecule has 0 saturated heterocycles. The van der Waals surface area contributed by atoms with E-state index >= 15 is 0 Å². The van der Waals surface area contributed by atoms with Crippen LogP contribution in [-0.4, -0.2) is 13.2 Å². The van der Waals surface area contributed by atoms with E-state index < -0.39 is 0 Å². The maximum absolute atomic E-state index is 5.85. The van der Waals surface area contributed by atoms with Gasteiger partial charge in [-0.1, -0.05) is 32.9 Å². The molecule has 1 rings (SSSR count). The zero-order valence-electron chi connectivity index (χ0n) is 11.4. The zero-order chi connectivity index (χ0) is 12.3. The summed E-state index contributed by atoms with van der Waals surface area (Å²) in [6, 6.07) is 6.54. The van der Waals surface area contributed by atoms with Gasteiger partial charge in [0.2, 0.25) is 0 Å². The van der Waals surface area contributed by atoms with Gasteiger partial charge in [0.05, 0.1) is 7.11 Å². The molecule has 0 aliphatic heterocycles. The lowest BCUT2D eigenvalue weighted by atomic mass is 9.85. The second kappa shape index (κ2) is 6.27. The molecular weight excluding hydrogens is 234 g/mol. The van der Waals surface area contributed by atoms with Crippen LogP contribution in [0, 0.1) is 0 Å². The highest BCUT2D eigenvalue weighted by molar-refractivity contribution is 5.85. The number of benzene rings is 1. The van der Waals surface area contributed by atoms with Crippen molar-refractivity contribution in [3.05, 3.63) is 29.3 Å². The second-order valence-corrected chi connectivity index (χ2v) is 5.46. The van der Waals surface area contributed by atoms with Crippen LogP contribution in [0.25, 0.3) is 0 Å². The summed E-state index contributed by atoms with van der Waals surface area (Å²) < 4.78 is 5.36. The smallest absolute Gasteiger partial charge is 0.122 e. The molecule has 1 aromatic carbocycles. The molecule has 2 N–H and O–H groups in total.